The van der Waals surface area contributed by atoms with E-state index in [2.05, 4.69) is 5.32 Å². The Kier molecular flexibility index (Phi) is 4.59. The molecule has 84 valence electrons. The van der Waals surface area contributed by atoms with Crippen LogP contribution in [0.25, 0.3) is 0 Å². The maximum atomic E-state index is 11.5. The number of rotatable bonds is 4. The average molecular weight is 201 g/mol. The van der Waals surface area contributed by atoms with E-state index in [-0.39, 0.29) is 23.3 Å². The van der Waals surface area contributed by atoms with Crippen molar-refractivity contribution in [2.45, 2.75) is 41.0 Å². The van der Waals surface area contributed by atoms with Gasteiger partial charge in [0.2, 0.25) is 5.91 Å². The Hall–Kier alpha value is -0.570. The van der Waals surface area contributed by atoms with E-state index >= 15 is 0 Å². The fourth-order valence-corrected chi connectivity index (χ4v) is 0.976. The zero-order valence-electron chi connectivity index (χ0n) is 9.98. The molecule has 2 N–H and O–H groups in total. The summed E-state index contributed by atoms with van der Waals surface area (Å²) in [6, 6.07) is 0. The molecule has 1 amide bonds. The quantitative estimate of drug-likeness (QED) is 0.725. The molecular weight excluding hydrogens is 178 g/mol. The molecule has 0 saturated heterocycles. The molecule has 0 aromatic rings. The first-order chi connectivity index (χ1) is 6.19. The maximum absolute atomic E-state index is 11.5. The monoisotopic (exact) mass is 201 g/mol. The summed E-state index contributed by atoms with van der Waals surface area (Å²) in [4.78, 5) is 11.5. The highest BCUT2D eigenvalue weighted by Crippen LogP contribution is 2.19. The molecule has 0 spiro atoms. The number of amides is 1. The Morgan fingerprint density at radius 1 is 1.21 bits per heavy atom. The van der Waals surface area contributed by atoms with E-state index in [0.717, 1.165) is 0 Å². The van der Waals surface area contributed by atoms with Crippen LogP contribution in [-0.4, -0.2) is 24.2 Å². The largest absolute Gasteiger partial charge is 0.396 e. The van der Waals surface area contributed by atoms with Gasteiger partial charge in [-0.15, -0.1) is 0 Å². The first-order valence-corrected chi connectivity index (χ1v) is 5.08. The summed E-state index contributed by atoms with van der Waals surface area (Å²) in [7, 11) is 0. The number of aliphatic hydroxyl groups excluding tert-OH is 1. The van der Waals surface area contributed by atoms with Crippen molar-refractivity contribution in [1.29, 1.82) is 0 Å². The lowest BCUT2D eigenvalue weighted by Gasteiger charge is -2.26. The fraction of sp³-hybridized carbons (Fsp3) is 0.909. The Morgan fingerprint density at radius 3 is 2.07 bits per heavy atom. The summed E-state index contributed by atoms with van der Waals surface area (Å²) in [5.74, 6) is 0.0588. The summed E-state index contributed by atoms with van der Waals surface area (Å²) < 4.78 is 0. The SMILES string of the molecule is CC(C)(CCO)CNC(=O)C(C)(C)C. The van der Waals surface area contributed by atoms with Crippen molar-refractivity contribution < 1.29 is 9.90 Å². The van der Waals surface area contributed by atoms with Crippen LogP contribution in [0.1, 0.15) is 41.0 Å². The number of carbonyl (C=O) groups is 1. The number of hydrogen-bond acceptors (Lipinski definition) is 2. The second kappa shape index (κ2) is 4.78. The van der Waals surface area contributed by atoms with Gasteiger partial charge in [0, 0.05) is 18.6 Å². The van der Waals surface area contributed by atoms with Crippen LogP contribution in [0.3, 0.4) is 0 Å². The van der Waals surface area contributed by atoms with Crippen LogP contribution in [0.2, 0.25) is 0 Å². The van der Waals surface area contributed by atoms with Crippen LogP contribution in [0.4, 0.5) is 0 Å². The normalized spacial score (nSPS) is 12.7. The summed E-state index contributed by atoms with van der Waals surface area (Å²) in [5.41, 5.74) is -0.370. The minimum atomic E-state index is -0.338. The van der Waals surface area contributed by atoms with Crippen LogP contribution in [-0.2, 0) is 4.79 Å². The van der Waals surface area contributed by atoms with Crippen LogP contribution >= 0.6 is 0 Å². The van der Waals surface area contributed by atoms with Crippen molar-refractivity contribution in [3.8, 4) is 0 Å². The van der Waals surface area contributed by atoms with Crippen LogP contribution < -0.4 is 5.32 Å². The number of nitrogens with one attached hydrogen (secondary N) is 1. The number of carbonyl (C=O) groups excluding carboxylic acids is 1. The molecule has 0 aliphatic heterocycles. The van der Waals surface area contributed by atoms with Crippen molar-refractivity contribution in [3.63, 3.8) is 0 Å². The van der Waals surface area contributed by atoms with Gasteiger partial charge >= 0.3 is 0 Å². The van der Waals surface area contributed by atoms with Crippen molar-refractivity contribution in [1.82, 2.24) is 5.32 Å². The van der Waals surface area contributed by atoms with Crippen molar-refractivity contribution in [2.24, 2.45) is 10.8 Å². The lowest BCUT2D eigenvalue weighted by Crippen LogP contribution is -2.40. The van der Waals surface area contributed by atoms with E-state index in [4.69, 9.17) is 5.11 Å². The third-order valence-electron chi connectivity index (χ3n) is 2.20. The molecule has 3 heteroatoms. The van der Waals surface area contributed by atoms with Crippen molar-refractivity contribution >= 4 is 5.91 Å². The summed E-state index contributed by atoms with van der Waals surface area (Å²) in [5, 5.41) is 11.7. The van der Waals surface area contributed by atoms with Gasteiger partial charge in [0.05, 0.1) is 0 Å². The highest BCUT2D eigenvalue weighted by molar-refractivity contribution is 5.81. The van der Waals surface area contributed by atoms with Crippen LogP contribution in [0.15, 0.2) is 0 Å². The highest BCUT2D eigenvalue weighted by atomic mass is 16.3. The van der Waals surface area contributed by atoms with E-state index in [0.29, 0.717) is 13.0 Å². The van der Waals surface area contributed by atoms with Gasteiger partial charge in [-0.25, -0.2) is 0 Å². The molecule has 0 aliphatic carbocycles. The Morgan fingerprint density at radius 2 is 1.71 bits per heavy atom. The smallest absolute Gasteiger partial charge is 0.225 e. The fourth-order valence-electron chi connectivity index (χ4n) is 0.976. The lowest BCUT2D eigenvalue weighted by molar-refractivity contribution is -0.129. The molecule has 14 heavy (non-hydrogen) atoms. The first kappa shape index (κ1) is 13.4. The number of hydrogen-bond donors (Lipinski definition) is 2. The molecule has 0 rings (SSSR count). The Balaban J connectivity index is 4.00. The molecule has 0 unspecified atom stereocenters. The third kappa shape index (κ3) is 5.22. The second-order valence-electron chi connectivity index (χ2n) is 5.57. The molecule has 0 saturated carbocycles. The maximum Gasteiger partial charge on any atom is 0.225 e. The van der Waals surface area contributed by atoms with E-state index in [1.807, 2.05) is 34.6 Å². The van der Waals surface area contributed by atoms with Crippen molar-refractivity contribution in [2.75, 3.05) is 13.2 Å². The molecular formula is C11H23NO2. The molecule has 0 radical (unpaired) electrons. The summed E-state index contributed by atoms with van der Waals surface area (Å²) in [6.07, 6.45) is 0.706. The Labute approximate surface area is 86.9 Å². The van der Waals surface area contributed by atoms with Gasteiger partial charge in [0.15, 0.2) is 0 Å². The molecule has 0 aliphatic rings. The average Bonchev–Trinajstić information content (AvgIpc) is 1.98. The van der Waals surface area contributed by atoms with Crippen molar-refractivity contribution in [3.05, 3.63) is 0 Å². The van der Waals surface area contributed by atoms with Gasteiger partial charge in [-0.1, -0.05) is 34.6 Å². The second-order valence-corrected chi connectivity index (χ2v) is 5.57. The predicted molar refractivity (Wildman–Crippen MR) is 57.9 cm³/mol. The van der Waals surface area contributed by atoms with Gasteiger partial charge in [0.1, 0.15) is 0 Å². The standard InChI is InChI=1S/C11H23NO2/c1-10(2,3)9(14)12-8-11(4,5)6-7-13/h13H,6-8H2,1-5H3,(H,12,14). The Bertz CT molecular complexity index is 192. The molecule has 0 bridgehead atoms. The van der Waals surface area contributed by atoms with Gasteiger partial charge in [-0.05, 0) is 11.8 Å². The van der Waals surface area contributed by atoms with E-state index in [1.54, 1.807) is 0 Å². The molecule has 0 atom stereocenters. The summed E-state index contributed by atoms with van der Waals surface area (Å²) >= 11 is 0. The molecule has 0 aromatic carbocycles. The zero-order valence-corrected chi connectivity index (χ0v) is 9.98. The molecule has 0 fully saturated rings. The highest BCUT2D eigenvalue weighted by Gasteiger charge is 2.24. The van der Waals surface area contributed by atoms with Gasteiger partial charge in [-0.3, -0.25) is 4.79 Å². The van der Waals surface area contributed by atoms with E-state index in [1.165, 1.54) is 0 Å². The van der Waals surface area contributed by atoms with Crippen LogP contribution in [0.5, 0.6) is 0 Å². The predicted octanol–water partition coefficient (Wildman–Crippen LogP) is 1.56. The molecule has 0 aromatic heterocycles. The van der Waals surface area contributed by atoms with Crippen LogP contribution in [0, 0.1) is 10.8 Å². The molecule has 0 heterocycles. The van der Waals surface area contributed by atoms with Gasteiger partial charge in [-0.2, -0.15) is 0 Å². The minimum absolute atomic E-state index is 0.0321. The lowest BCUT2D eigenvalue weighted by atomic mass is 9.88. The van der Waals surface area contributed by atoms with Gasteiger partial charge < -0.3 is 10.4 Å². The number of aliphatic hydroxyl groups is 1. The van der Waals surface area contributed by atoms with Gasteiger partial charge in [0.25, 0.3) is 0 Å². The van der Waals surface area contributed by atoms with E-state index < -0.39 is 0 Å². The topological polar surface area (TPSA) is 49.3 Å². The first-order valence-electron chi connectivity index (χ1n) is 5.08. The zero-order chi connectivity index (χ0) is 11.4. The third-order valence-corrected chi connectivity index (χ3v) is 2.20. The minimum Gasteiger partial charge on any atom is -0.396 e. The summed E-state index contributed by atoms with van der Waals surface area (Å²) in [6.45, 7) is 10.5. The molecule has 3 nitrogen and oxygen atoms in total. The van der Waals surface area contributed by atoms with E-state index in [9.17, 15) is 4.79 Å².